The van der Waals surface area contributed by atoms with Crippen LogP contribution < -0.4 is 0 Å². The van der Waals surface area contributed by atoms with Crippen LogP contribution in [-0.4, -0.2) is 29.7 Å². The molecule has 0 saturated carbocycles. The summed E-state index contributed by atoms with van der Waals surface area (Å²) in [5.41, 5.74) is 2.12. The van der Waals surface area contributed by atoms with Gasteiger partial charge in [-0.1, -0.05) is 45.4 Å². The lowest BCUT2D eigenvalue weighted by atomic mass is 9.80. The first-order valence-electron chi connectivity index (χ1n) is 9.97. The Labute approximate surface area is 152 Å². The Bertz CT molecular complexity index is 573. The molecule has 0 aromatic heterocycles. The lowest BCUT2D eigenvalue weighted by Gasteiger charge is -2.35. The van der Waals surface area contributed by atoms with E-state index in [2.05, 4.69) is 32.9 Å². The van der Waals surface area contributed by atoms with Gasteiger partial charge in [0.25, 0.3) is 0 Å². The first-order valence-corrected chi connectivity index (χ1v) is 9.97. The number of carbonyl (C=O) groups excluding carboxylic acids is 2. The number of Topliss-reactive ketones (excluding diaryl/α,β-unsaturated/α-hetero) is 1. The third-order valence-electron chi connectivity index (χ3n) is 5.56. The van der Waals surface area contributed by atoms with Crippen molar-refractivity contribution in [2.24, 2.45) is 5.92 Å². The molecule has 1 unspecified atom stereocenters. The van der Waals surface area contributed by atoms with Crippen molar-refractivity contribution >= 4 is 11.7 Å². The summed E-state index contributed by atoms with van der Waals surface area (Å²) < 4.78 is 0. The molecule has 25 heavy (non-hydrogen) atoms. The van der Waals surface area contributed by atoms with E-state index in [1.165, 1.54) is 5.56 Å². The molecule has 0 bridgehead atoms. The van der Waals surface area contributed by atoms with Crippen LogP contribution in [0.1, 0.15) is 87.6 Å². The summed E-state index contributed by atoms with van der Waals surface area (Å²) in [6.45, 7) is 8.20. The van der Waals surface area contributed by atoms with Crippen LogP contribution in [0.25, 0.3) is 0 Å². The molecule has 1 amide bonds. The Balaban J connectivity index is 1.96. The molecule has 138 valence electrons. The Kier molecular flexibility index (Phi) is 7.67. The van der Waals surface area contributed by atoms with Crippen molar-refractivity contribution in [2.75, 3.05) is 13.1 Å². The SMILES string of the molecule is CCCCC(=O)c1cccc(C(C)C2CCN(C(=O)CCC)CC2)c1. The molecule has 1 aliphatic heterocycles. The molecular weight excluding hydrogens is 310 g/mol. The van der Waals surface area contributed by atoms with Crippen LogP contribution in [0, 0.1) is 5.92 Å². The Hall–Kier alpha value is -1.64. The van der Waals surface area contributed by atoms with Crippen LogP contribution in [0.5, 0.6) is 0 Å². The summed E-state index contributed by atoms with van der Waals surface area (Å²) in [4.78, 5) is 26.4. The number of carbonyl (C=O) groups is 2. The van der Waals surface area contributed by atoms with Crippen molar-refractivity contribution in [3.63, 3.8) is 0 Å². The number of benzene rings is 1. The number of ketones is 1. The lowest BCUT2D eigenvalue weighted by Crippen LogP contribution is -2.39. The molecule has 1 aromatic rings. The molecule has 1 aliphatic rings. The van der Waals surface area contributed by atoms with Gasteiger partial charge in [0.2, 0.25) is 5.91 Å². The fourth-order valence-corrected chi connectivity index (χ4v) is 3.77. The Morgan fingerprint density at radius 2 is 1.84 bits per heavy atom. The molecular formula is C22H33NO2. The molecule has 3 nitrogen and oxygen atoms in total. The highest BCUT2D eigenvalue weighted by molar-refractivity contribution is 5.96. The van der Waals surface area contributed by atoms with Crippen LogP contribution in [0.15, 0.2) is 24.3 Å². The summed E-state index contributed by atoms with van der Waals surface area (Å²) in [6, 6.07) is 8.21. The zero-order valence-corrected chi connectivity index (χ0v) is 16.1. The van der Waals surface area contributed by atoms with E-state index in [1.54, 1.807) is 0 Å². The maximum absolute atomic E-state index is 12.3. The number of piperidine rings is 1. The van der Waals surface area contributed by atoms with Crippen molar-refractivity contribution in [3.05, 3.63) is 35.4 Å². The maximum Gasteiger partial charge on any atom is 0.222 e. The molecule has 0 aliphatic carbocycles. The second-order valence-electron chi connectivity index (χ2n) is 7.41. The van der Waals surface area contributed by atoms with Gasteiger partial charge in [-0.3, -0.25) is 9.59 Å². The Morgan fingerprint density at radius 3 is 2.48 bits per heavy atom. The highest BCUT2D eigenvalue weighted by Gasteiger charge is 2.27. The second kappa shape index (κ2) is 9.74. The van der Waals surface area contributed by atoms with Crippen molar-refractivity contribution in [1.29, 1.82) is 0 Å². The van der Waals surface area contributed by atoms with Gasteiger partial charge in [-0.15, -0.1) is 0 Å². The second-order valence-corrected chi connectivity index (χ2v) is 7.41. The molecule has 1 heterocycles. The molecule has 3 heteroatoms. The number of amides is 1. The van der Waals surface area contributed by atoms with Crippen molar-refractivity contribution < 1.29 is 9.59 Å². The highest BCUT2D eigenvalue weighted by atomic mass is 16.2. The van der Waals surface area contributed by atoms with Gasteiger partial charge in [0.15, 0.2) is 5.78 Å². The third-order valence-corrected chi connectivity index (χ3v) is 5.56. The van der Waals surface area contributed by atoms with Gasteiger partial charge >= 0.3 is 0 Å². The van der Waals surface area contributed by atoms with E-state index in [9.17, 15) is 9.59 Å². The van der Waals surface area contributed by atoms with Crippen molar-refractivity contribution in [3.8, 4) is 0 Å². The molecule has 2 rings (SSSR count). The van der Waals surface area contributed by atoms with Gasteiger partial charge in [0.1, 0.15) is 0 Å². The van der Waals surface area contributed by atoms with E-state index < -0.39 is 0 Å². The minimum Gasteiger partial charge on any atom is -0.343 e. The number of hydrogen-bond donors (Lipinski definition) is 0. The normalized spacial score (nSPS) is 16.7. The van der Waals surface area contributed by atoms with Crippen LogP contribution in [-0.2, 0) is 4.79 Å². The van der Waals surface area contributed by atoms with Crippen molar-refractivity contribution in [1.82, 2.24) is 4.90 Å². The van der Waals surface area contributed by atoms with Gasteiger partial charge in [-0.2, -0.15) is 0 Å². The molecule has 0 spiro atoms. The lowest BCUT2D eigenvalue weighted by molar-refractivity contribution is -0.132. The fraction of sp³-hybridized carbons (Fsp3) is 0.636. The molecule has 1 aromatic carbocycles. The van der Waals surface area contributed by atoms with Crippen LogP contribution in [0.4, 0.5) is 0 Å². The summed E-state index contributed by atoms with van der Waals surface area (Å²) in [7, 11) is 0. The van der Waals surface area contributed by atoms with Crippen LogP contribution in [0.3, 0.4) is 0 Å². The molecule has 1 saturated heterocycles. The van der Waals surface area contributed by atoms with E-state index in [4.69, 9.17) is 0 Å². The van der Waals surface area contributed by atoms with E-state index >= 15 is 0 Å². The van der Waals surface area contributed by atoms with E-state index in [1.807, 2.05) is 17.0 Å². The average Bonchev–Trinajstić information content (AvgIpc) is 2.66. The third kappa shape index (κ3) is 5.42. The number of rotatable bonds is 8. The van der Waals surface area contributed by atoms with E-state index in [0.29, 0.717) is 30.6 Å². The van der Waals surface area contributed by atoms with Gasteiger partial charge in [-0.25, -0.2) is 0 Å². The molecule has 0 radical (unpaired) electrons. The molecule has 1 fully saturated rings. The molecule has 1 atom stereocenters. The van der Waals surface area contributed by atoms with E-state index in [0.717, 1.165) is 50.8 Å². The minimum absolute atomic E-state index is 0.260. The van der Waals surface area contributed by atoms with Gasteiger partial charge in [0.05, 0.1) is 0 Å². The predicted octanol–water partition coefficient (Wildman–Crippen LogP) is 5.20. The Morgan fingerprint density at radius 1 is 1.12 bits per heavy atom. The number of unbranched alkanes of at least 4 members (excludes halogenated alkanes) is 1. The van der Waals surface area contributed by atoms with Gasteiger partial charge in [-0.05, 0) is 49.1 Å². The first-order chi connectivity index (χ1) is 12.1. The number of likely N-dealkylation sites (tertiary alicyclic amines) is 1. The van der Waals surface area contributed by atoms with E-state index in [-0.39, 0.29) is 5.78 Å². The first kappa shape index (κ1) is 19.7. The largest absolute Gasteiger partial charge is 0.343 e. The van der Waals surface area contributed by atoms with Gasteiger partial charge < -0.3 is 4.90 Å². The van der Waals surface area contributed by atoms with Crippen LogP contribution in [0.2, 0.25) is 0 Å². The standard InChI is InChI=1S/C22H33NO2/c1-4-6-11-21(24)20-10-7-9-19(16-20)17(3)18-12-14-23(15-13-18)22(25)8-5-2/h7,9-10,16-18H,4-6,8,11-15H2,1-3H3. The summed E-state index contributed by atoms with van der Waals surface area (Å²) in [5.74, 6) is 1.59. The fourth-order valence-electron chi connectivity index (χ4n) is 3.77. The van der Waals surface area contributed by atoms with Gasteiger partial charge in [0, 0.05) is 31.5 Å². The average molecular weight is 344 g/mol. The smallest absolute Gasteiger partial charge is 0.222 e. The zero-order valence-electron chi connectivity index (χ0n) is 16.1. The highest BCUT2D eigenvalue weighted by Crippen LogP contribution is 2.33. The molecule has 0 N–H and O–H groups in total. The predicted molar refractivity (Wildman–Crippen MR) is 103 cm³/mol. The van der Waals surface area contributed by atoms with Crippen molar-refractivity contribution in [2.45, 2.75) is 71.6 Å². The number of hydrogen-bond acceptors (Lipinski definition) is 2. The minimum atomic E-state index is 0.260. The summed E-state index contributed by atoms with van der Waals surface area (Å²) >= 11 is 0. The topological polar surface area (TPSA) is 37.4 Å². The quantitative estimate of drug-likeness (QED) is 0.608. The summed E-state index contributed by atoms with van der Waals surface area (Å²) in [5, 5.41) is 0. The maximum atomic E-state index is 12.3. The number of nitrogens with zero attached hydrogens (tertiary/aromatic N) is 1. The monoisotopic (exact) mass is 343 g/mol. The summed E-state index contributed by atoms with van der Waals surface area (Å²) in [6.07, 6.45) is 6.37. The zero-order chi connectivity index (χ0) is 18.2. The van der Waals surface area contributed by atoms with Crippen LogP contribution >= 0.6 is 0 Å².